The Labute approximate surface area is 175 Å². The van der Waals surface area contributed by atoms with Crippen LogP contribution in [0.25, 0.3) is 11.4 Å². The van der Waals surface area contributed by atoms with Gasteiger partial charge in [0.05, 0.1) is 18.5 Å². The van der Waals surface area contributed by atoms with Crippen molar-refractivity contribution in [1.82, 2.24) is 19.5 Å². The molecule has 0 radical (unpaired) electrons. The van der Waals surface area contributed by atoms with Crippen LogP contribution >= 0.6 is 0 Å². The van der Waals surface area contributed by atoms with Crippen molar-refractivity contribution in [2.45, 2.75) is 37.6 Å². The predicted molar refractivity (Wildman–Crippen MR) is 115 cm³/mol. The van der Waals surface area contributed by atoms with Crippen LogP contribution in [0.15, 0.2) is 47.7 Å². The lowest BCUT2D eigenvalue weighted by molar-refractivity contribution is 0.356. The lowest BCUT2D eigenvalue weighted by Crippen LogP contribution is -2.48. The van der Waals surface area contributed by atoms with E-state index in [-0.39, 0.29) is 5.56 Å². The van der Waals surface area contributed by atoms with Gasteiger partial charge in [0.2, 0.25) is 5.95 Å². The van der Waals surface area contributed by atoms with Crippen LogP contribution in [-0.4, -0.2) is 39.2 Å². The zero-order valence-electron chi connectivity index (χ0n) is 17.3. The summed E-state index contributed by atoms with van der Waals surface area (Å²) in [7, 11) is 3.52. The Kier molecular flexibility index (Phi) is 4.73. The van der Waals surface area contributed by atoms with Crippen molar-refractivity contribution in [2.24, 2.45) is 7.05 Å². The molecule has 0 bridgehead atoms. The molecule has 1 aromatic carbocycles. The summed E-state index contributed by atoms with van der Waals surface area (Å²) in [5, 5.41) is 0. The summed E-state index contributed by atoms with van der Waals surface area (Å²) in [6, 6.07) is 10.1. The van der Waals surface area contributed by atoms with E-state index < -0.39 is 0 Å². The van der Waals surface area contributed by atoms with E-state index in [2.05, 4.69) is 33.1 Å². The van der Waals surface area contributed by atoms with Crippen LogP contribution < -0.4 is 15.2 Å². The zero-order valence-corrected chi connectivity index (χ0v) is 17.3. The summed E-state index contributed by atoms with van der Waals surface area (Å²) < 4.78 is 7.09. The first-order valence-corrected chi connectivity index (χ1v) is 10.4. The molecular formula is C23H25N5O2. The molecule has 1 fully saturated rings. The molecule has 0 saturated carbocycles. The number of rotatable bonds is 3. The lowest BCUT2D eigenvalue weighted by Gasteiger charge is -2.45. The van der Waals surface area contributed by atoms with Crippen LogP contribution in [0.4, 0.5) is 5.95 Å². The minimum absolute atomic E-state index is 0.0725. The van der Waals surface area contributed by atoms with Gasteiger partial charge in [-0.2, -0.15) is 0 Å². The first kappa shape index (κ1) is 18.8. The quantitative estimate of drug-likeness (QED) is 0.670. The van der Waals surface area contributed by atoms with E-state index in [0.29, 0.717) is 23.3 Å². The SMILES string of the molecule is COc1ccc2c(c1)CC[C@@H]1[C@@H]2CCCN1c1nc(-c2ccncn2)cc(=O)n1C. The number of piperidine rings is 1. The Morgan fingerprint density at radius 1 is 1.13 bits per heavy atom. The molecule has 0 N–H and O–H groups in total. The molecule has 7 nitrogen and oxygen atoms in total. The highest BCUT2D eigenvalue weighted by Gasteiger charge is 2.38. The van der Waals surface area contributed by atoms with Gasteiger partial charge in [-0.05, 0) is 55.0 Å². The molecule has 1 aliphatic heterocycles. The predicted octanol–water partition coefficient (Wildman–Crippen LogP) is 2.94. The summed E-state index contributed by atoms with van der Waals surface area (Å²) in [4.78, 5) is 28.2. The number of ether oxygens (including phenoxy) is 1. The third-order valence-electron chi connectivity index (χ3n) is 6.45. The van der Waals surface area contributed by atoms with E-state index in [1.807, 2.05) is 0 Å². The average Bonchev–Trinajstić information content (AvgIpc) is 2.80. The maximum Gasteiger partial charge on any atom is 0.255 e. The summed E-state index contributed by atoms with van der Waals surface area (Å²) >= 11 is 0. The molecular weight excluding hydrogens is 378 g/mol. The zero-order chi connectivity index (χ0) is 20.7. The van der Waals surface area contributed by atoms with E-state index >= 15 is 0 Å². The van der Waals surface area contributed by atoms with Gasteiger partial charge >= 0.3 is 0 Å². The summed E-state index contributed by atoms with van der Waals surface area (Å²) in [5.74, 6) is 2.08. The second kappa shape index (κ2) is 7.55. The van der Waals surface area contributed by atoms with Crippen molar-refractivity contribution >= 4 is 5.95 Å². The van der Waals surface area contributed by atoms with Gasteiger partial charge in [-0.15, -0.1) is 0 Å². The van der Waals surface area contributed by atoms with Crippen LogP contribution in [0.5, 0.6) is 5.75 Å². The molecule has 2 aromatic heterocycles. The lowest BCUT2D eigenvalue weighted by atomic mass is 9.74. The van der Waals surface area contributed by atoms with Crippen molar-refractivity contribution < 1.29 is 4.74 Å². The molecule has 0 spiro atoms. The number of hydrogen-bond acceptors (Lipinski definition) is 6. The Hall–Kier alpha value is -3.22. The fourth-order valence-electron chi connectivity index (χ4n) is 4.97. The monoisotopic (exact) mass is 403 g/mol. The molecule has 30 heavy (non-hydrogen) atoms. The fraction of sp³-hybridized carbons (Fsp3) is 0.391. The maximum absolute atomic E-state index is 12.7. The molecule has 7 heteroatoms. The van der Waals surface area contributed by atoms with E-state index in [9.17, 15) is 4.79 Å². The third kappa shape index (κ3) is 3.14. The first-order chi connectivity index (χ1) is 14.7. The van der Waals surface area contributed by atoms with Gasteiger partial charge in [-0.25, -0.2) is 15.0 Å². The molecule has 0 unspecified atom stereocenters. The van der Waals surface area contributed by atoms with Gasteiger partial charge in [0.1, 0.15) is 12.1 Å². The van der Waals surface area contributed by atoms with Crippen molar-refractivity contribution in [2.75, 3.05) is 18.6 Å². The third-order valence-corrected chi connectivity index (χ3v) is 6.45. The normalized spacial score (nSPS) is 20.4. The van der Waals surface area contributed by atoms with Gasteiger partial charge in [0.25, 0.3) is 5.56 Å². The van der Waals surface area contributed by atoms with Gasteiger partial charge in [-0.3, -0.25) is 9.36 Å². The van der Waals surface area contributed by atoms with Crippen molar-refractivity contribution in [3.8, 4) is 17.1 Å². The van der Waals surface area contributed by atoms with Gasteiger partial charge in [-0.1, -0.05) is 6.07 Å². The minimum Gasteiger partial charge on any atom is -0.497 e. The number of nitrogens with zero attached hydrogens (tertiary/aromatic N) is 5. The van der Waals surface area contributed by atoms with E-state index in [4.69, 9.17) is 9.72 Å². The van der Waals surface area contributed by atoms with Crippen LogP contribution in [0.2, 0.25) is 0 Å². The molecule has 1 aliphatic carbocycles. The largest absolute Gasteiger partial charge is 0.497 e. The topological polar surface area (TPSA) is 73.1 Å². The van der Waals surface area contributed by atoms with Gasteiger partial charge in [0, 0.05) is 37.8 Å². The number of anilines is 1. The fourth-order valence-corrected chi connectivity index (χ4v) is 4.97. The molecule has 2 aliphatic rings. The molecule has 0 amide bonds. The number of methoxy groups -OCH3 is 1. The van der Waals surface area contributed by atoms with Crippen molar-refractivity contribution in [1.29, 1.82) is 0 Å². The Morgan fingerprint density at radius 3 is 2.83 bits per heavy atom. The molecule has 3 heterocycles. The molecule has 3 aromatic rings. The number of aromatic nitrogens is 4. The number of fused-ring (bicyclic) bond motifs is 3. The average molecular weight is 403 g/mol. The number of hydrogen-bond donors (Lipinski definition) is 0. The standard InChI is InChI=1S/C23H25N5O2/c1-27-22(29)13-20(19-9-10-24-14-25-19)26-23(27)28-11-3-4-18-17-7-6-16(30-2)12-15(17)5-8-21(18)28/h6-7,9-10,12-14,18,21H,3-5,8,11H2,1-2H3/t18-,21-/m1/s1. The Balaban J connectivity index is 1.55. The van der Waals surface area contributed by atoms with E-state index in [1.54, 1.807) is 37.1 Å². The van der Waals surface area contributed by atoms with Crippen molar-refractivity contribution in [3.63, 3.8) is 0 Å². The highest BCUT2D eigenvalue weighted by atomic mass is 16.5. The Bertz CT molecular complexity index is 1130. The van der Waals surface area contributed by atoms with Gasteiger partial charge < -0.3 is 9.64 Å². The second-order valence-corrected chi connectivity index (χ2v) is 8.05. The van der Waals surface area contributed by atoms with Crippen LogP contribution in [0, 0.1) is 0 Å². The first-order valence-electron chi connectivity index (χ1n) is 10.4. The summed E-state index contributed by atoms with van der Waals surface area (Å²) in [5.41, 5.74) is 3.98. The molecule has 1 saturated heterocycles. The molecule has 5 rings (SSSR count). The maximum atomic E-state index is 12.7. The summed E-state index contributed by atoms with van der Waals surface area (Å²) in [6.07, 6.45) is 7.42. The van der Waals surface area contributed by atoms with E-state index in [0.717, 1.165) is 43.9 Å². The van der Waals surface area contributed by atoms with Crippen LogP contribution in [0.3, 0.4) is 0 Å². The number of benzene rings is 1. The molecule has 2 atom stereocenters. The van der Waals surface area contributed by atoms with Crippen LogP contribution in [-0.2, 0) is 13.5 Å². The smallest absolute Gasteiger partial charge is 0.255 e. The summed E-state index contributed by atoms with van der Waals surface area (Å²) in [6.45, 7) is 0.903. The second-order valence-electron chi connectivity index (χ2n) is 8.05. The van der Waals surface area contributed by atoms with E-state index in [1.165, 1.54) is 17.5 Å². The highest BCUT2D eigenvalue weighted by Crippen LogP contribution is 2.42. The van der Waals surface area contributed by atoms with Crippen LogP contribution in [0.1, 0.15) is 36.3 Å². The molecule has 154 valence electrons. The Morgan fingerprint density at radius 2 is 2.03 bits per heavy atom. The van der Waals surface area contributed by atoms with Gasteiger partial charge in [0.15, 0.2) is 0 Å². The highest BCUT2D eigenvalue weighted by molar-refractivity contribution is 5.56. The minimum atomic E-state index is -0.0725. The number of aryl methyl sites for hydroxylation is 1. The van der Waals surface area contributed by atoms with Crippen molar-refractivity contribution in [3.05, 3.63) is 64.3 Å².